The van der Waals surface area contributed by atoms with Crippen LogP contribution in [0.4, 0.5) is 4.79 Å². The van der Waals surface area contributed by atoms with Gasteiger partial charge in [-0.05, 0) is 38.5 Å². The van der Waals surface area contributed by atoms with Crippen LogP contribution in [0, 0.1) is 0 Å². The van der Waals surface area contributed by atoms with Crippen LogP contribution in [0.5, 0.6) is 17.2 Å². The molecule has 1 fully saturated rings. The molecule has 1 aromatic rings. The van der Waals surface area contributed by atoms with Crippen molar-refractivity contribution in [2.24, 2.45) is 0 Å². The fraction of sp³-hybridized carbons (Fsp3) is 0.588. The molecule has 0 spiro atoms. The van der Waals surface area contributed by atoms with E-state index in [0.717, 1.165) is 0 Å². The molecule has 0 atom stereocenters. The summed E-state index contributed by atoms with van der Waals surface area (Å²) < 4.78 is 21.2. The molecule has 0 saturated carbocycles. The summed E-state index contributed by atoms with van der Waals surface area (Å²) in [6, 6.07) is 3.38. The predicted octanol–water partition coefficient (Wildman–Crippen LogP) is 2.15. The average molecular weight is 339 g/mol. The predicted molar refractivity (Wildman–Crippen MR) is 87.8 cm³/mol. The van der Waals surface area contributed by atoms with Crippen LogP contribution in [0.2, 0.25) is 0 Å². The molecule has 1 amide bonds. The van der Waals surface area contributed by atoms with Crippen molar-refractivity contribution in [1.29, 1.82) is 0 Å². The Balaban J connectivity index is 2.20. The van der Waals surface area contributed by atoms with Gasteiger partial charge in [0.1, 0.15) is 11.2 Å². The number of rotatable bonds is 4. The maximum Gasteiger partial charge on any atom is 0.410 e. The van der Waals surface area contributed by atoms with Crippen molar-refractivity contribution in [2.75, 3.05) is 34.4 Å². The first kappa shape index (κ1) is 18.2. The highest BCUT2D eigenvalue weighted by Gasteiger charge is 2.47. The first-order valence-corrected chi connectivity index (χ1v) is 7.64. The minimum Gasteiger partial charge on any atom is -0.493 e. The third kappa shape index (κ3) is 3.51. The summed E-state index contributed by atoms with van der Waals surface area (Å²) in [5.41, 5.74) is -1.15. The van der Waals surface area contributed by atoms with Crippen LogP contribution >= 0.6 is 0 Å². The van der Waals surface area contributed by atoms with Gasteiger partial charge in [-0.1, -0.05) is 0 Å². The average Bonchev–Trinajstić information content (AvgIpc) is 2.48. The molecule has 7 heteroatoms. The molecule has 1 heterocycles. The topological polar surface area (TPSA) is 77.5 Å². The van der Waals surface area contributed by atoms with Crippen LogP contribution < -0.4 is 14.2 Å². The van der Waals surface area contributed by atoms with E-state index >= 15 is 0 Å². The molecule has 7 nitrogen and oxygen atoms in total. The molecular formula is C17H25NO6. The summed E-state index contributed by atoms with van der Waals surface area (Å²) in [6.07, 6.45) is -0.445. The van der Waals surface area contributed by atoms with Gasteiger partial charge in [-0.3, -0.25) is 0 Å². The van der Waals surface area contributed by atoms with E-state index in [1.165, 1.54) is 26.2 Å². The number of benzene rings is 1. The number of amides is 1. The second kappa shape index (κ2) is 6.39. The molecule has 24 heavy (non-hydrogen) atoms. The van der Waals surface area contributed by atoms with Crippen molar-refractivity contribution in [2.45, 2.75) is 32.0 Å². The second-order valence-electron chi connectivity index (χ2n) is 6.78. The molecule has 0 radical (unpaired) electrons. The van der Waals surface area contributed by atoms with Crippen molar-refractivity contribution in [3.05, 3.63) is 17.7 Å². The summed E-state index contributed by atoms with van der Waals surface area (Å²) in [4.78, 5) is 13.5. The molecule has 1 N–H and O–H groups in total. The Morgan fingerprint density at radius 3 is 1.96 bits per heavy atom. The lowest BCUT2D eigenvalue weighted by Crippen LogP contribution is -2.61. The van der Waals surface area contributed by atoms with E-state index in [-0.39, 0.29) is 13.1 Å². The van der Waals surface area contributed by atoms with E-state index in [9.17, 15) is 9.90 Å². The molecule has 134 valence electrons. The third-order valence-corrected chi connectivity index (χ3v) is 3.76. The number of hydrogen-bond acceptors (Lipinski definition) is 6. The number of aliphatic hydroxyl groups is 1. The van der Waals surface area contributed by atoms with Crippen molar-refractivity contribution >= 4 is 6.09 Å². The van der Waals surface area contributed by atoms with Gasteiger partial charge < -0.3 is 29.0 Å². The maximum absolute atomic E-state index is 12.0. The highest BCUT2D eigenvalue weighted by Crippen LogP contribution is 2.43. The molecule has 1 saturated heterocycles. The molecule has 1 aliphatic rings. The van der Waals surface area contributed by atoms with Crippen molar-refractivity contribution in [3.8, 4) is 17.2 Å². The zero-order chi connectivity index (χ0) is 18.1. The minimum absolute atomic E-state index is 0.139. The summed E-state index contributed by atoms with van der Waals surface area (Å²) in [6.45, 7) is 5.68. The van der Waals surface area contributed by atoms with E-state index in [4.69, 9.17) is 18.9 Å². The third-order valence-electron chi connectivity index (χ3n) is 3.76. The highest BCUT2D eigenvalue weighted by atomic mass is 16.6. The summed E-state index contributed by atoms with van der Waals surface area (Å²) in [5, 5.41) is 10.8. The molecule has 1 aromatic carbocycles. The van der Waals surface area contributed by atoms with E-state index < -0.39 is 17.3 Å². The molecule has 0 aromatic heterocycles. The van der Waals surface area contributed by atoms with Gasteiger partial charge in [0.25, 0.3) is 0 Å². The molecule has 1 aliphatic heterocycles. The van der Waals surface area contributed by atoms with Crippen molar-refractivity contribution in [3.63, 3.8) is 0 Å². The van der Waals surface area contributed by atoms with E-state index in [1.807, 2.05) is 0 Å². The van der Waals surface area contributed by atoms with Crippen LogP contribution in [0.3, 0.4) is 0 Å². The molecule has 0 unspecified atom stereocenters. The van der Waals surface area contributed by atoms with Crippen LogP contribution in [0.15, 0.2) is 12.1 Å². The number of carbonyl (C=O) groups is 1. The first-order chi connectivity index (χ1) is 11.1. The Bertz CT molecular complexity index is 591. The Kier molecular flexibility index (Phi) is 4.85. The zero-order valence-electron chi connectivity index (χ0n) is 15.0. The first-order valence-electron chi connectivity index (χ1n) is 7.64. The van der Waals surface area contributed by atoms with Gasteiger partial charge in [0, 0.05) is 0 Å². The Hall–Kier alpha value is -2.15. The van der Waals surface area contributed by atoms with Gasteiger partial charge in [0.05, 0.1) is 34.4 Å². The maximum atomic E-state index is 12.0. The molecule has 0 bridgehead atoms. The zero-order valence-corrected chi connectivity index (χ0v) is 15.0. The van der Waals surface area contributed by atoms with Gasteiger partial charge in [0.2, 0.25) is 5.75 Å². The van der Waals surface area contributed by atoms with Gasteiger partial charge in [0.15, 0.2) is 11.5 Å². The van der Waals surface area contributed by atoms with E-state index in [2.05, 4.69) is 0 Å². The monoisotopic (exact) mass is 339 g/mol. The van der Waals surface area contributed by atoms with Crippen LogP contribution in [-0.2, 0) is 10.3 Å². The van der Waals surface area contributed by atoms with Crippen molar-refractivity contribution < 1.29 is 28.8 Å². The van der Waals surface area contributed by atoms with Crippen molar-refractivity contribution in [1.82, 2.24) is 4.90 Å². The summed E-state index contributed by atoms with van der Waals surface area (Å²) in [5.74, 6) is 1.36. The van der Waals surface area contributed by atoms with Gasteiger partial charge in [-0.2, -0.15) is 0 Å². The van der Waals surface area contributed by atoms with Crippen LogP contribution in [-0.4, -0.2) is 56.1 Å². The number of likely N-dealkylation sites (tertiary alicyclic amines) is 1. The number of methoxy groups -OCH3 is 3. The number of hydrogen-bond donors (Lipinski definition) is 1. The lowest BCUT2D eigenvalue weighted by molar-refractivity contribution is -0.103. The van der Waals surface area contributed by atoms with Crippen LogP contribution in [0.1, 0.15) is 26.3 Å². The number of nitrogens with zero attached hydrogens (tertiary/aromatic N) is 1. The number of ether oxygens (including phenoxy) is 4. The molecular weight excluding hydrogens is 314 g/mol. The highest BCUT2D eigenvalue weighted by molar-refractivity contribution is 5.70. The largest absolute Gasteiger partial charge is 0.493 e. The second-order valence-corrected chi connectivity index (χ2v) is 6.78. The quantitative estimate of drug-likeness (QED) is 0.906. The smallest absolute Gasteiger partial charge is 0.410 e. The van der Waals surface area contributed by atoms with Gasteiger partial charge >= 0.3 is 6.09 Å². The van der Waals surface area contributed by atoms with E-state index in [1.54, 1.807) is 32.9 Å². The molecule has 0 aliphatic carbocycles. The van der Waals surface area contributed by atoms with Crippen LogP contribution in [0.25, 0.3) is 0 Å². The van der Waals surface area contributed by atoms with E-state index in [0.29, 0.717) is 22.8 Å². The minimum atomic E-state index is -1.18. The number of carbonyl (C=O) groups excluding carboxylic acids is 1. The molecule has 2 rings (SSSR count). The lowest BCUT2D eigenvalue weighted by Gasteiger charge is -2.46. The number of β-amino-alcohol motifs (C(OH)–C–C–N with tert-alkyl or cyclic N) is 1. The lowest BCUT2D eigenvalue weighted by atomic mass is 9.86. The Morgan fingerprint density at radius 2 is 1.58 bits per heavy atom. The summed E-state index contributed by atoms with van der Waals surface area (Å²) in [7, 11) is 4.54. The SMILES string of the molecule is COc1cc(C2(O)CN(C(=O)OC(C)(C)C)C2)cc(OC)c1OC. The fourth-order valence-electron chi connectivity index (χ4n) is 2.57. The Morgan fingerprint density at radius 1 is 1.08 bits per heavy atom. The standard InChI is InChI=1S/C17H25NO6/c1-16(2,3)24-15(19)18-9-17(20,10-18)11-7-12(21-4)14(23-6)13(8-11)22-5/h7-8,20H,9-10H2,1-6H3. The normalized spacial score (nSPS) is 16.2. The van der Waals surface area contributed by atoms with Gasteiger partial charge in [-0.15, -0.1) is 0 Å². The fourth-order valence-corrected chi connectivity index (χ4v) is 2.57. The van der Waals surface area contributed by atoms with Gasteiger partial charge in [-0.25, -0.2) is 4.79 Å². The summed E-state index contributed by atoms with van der Waals surface area (Å²) >= 11 is 0. The Labute approximate surface area is 142 Å².